The Bertz CT molecular complexity index is 1710. The van der Waals surface area contributed by atoms with E-state index >= 15 is 0 Å². The molecule has 1 unspecified atom stereocenters. The Kier molecular flexibility index (Phi) is 12.1. The van der Waals surface area contributed by atoms with E-state index in [1.54, 1.807) is 84.9 Å². The molecule has 4 amide bonds. The smallest absolute Gasteiger partial charge is 0.272 e. The Morgan fingerprint density at radius 2 is 1.43 bits per heavy atom. The van der Waals surface area contributed by atoms with Crippen molar-refractivity contribution in [1.82, 2.24) is 5.32 Å². The molecule has 236 valence electrons. The number of para-hydroxylation sites is 1. The standard InChI is InChI=1S/C36H36N4O5S/c1-4-33(36(44)38-28-20-18-27(19-21-28)37-24(3)41)46-30-16-11-15-29(23-30)39-35(43)31(40-34(42)25-12-7-6-8-13-25)22-26-14-9-10-17-32(26)45-5-2/h6-23,33H,4-5H2,1-3H3,(H,37,41)(H,38,44)(H,39,43)(H,40,42)/b31-22+. The molecule has 46 heavy (non-hydrogen) atoms. The van der Waals surface area contributed by atoms with Crippen molar-refractivity contribution in [2.24, 2.45) is 0 Å². The minimum atomic E-state index is -0.523. The van der Waals surface area contributed by atoms with Crippen LogP contribution in [-0.4, -0.2) is 35.5 Å². The van der Waals surface area contributed by atoms with Crippen LogP contribution in [0.4, 0.5) is 17.1 Å². The Hall–Kier alpha value is -5.35. The summed E-state index contributed by atoms with van der Waals surface area (Å²) in [7, 11) is 0. The van der Waals surface area contributed by atoms with Crippen molar-refractivity contribution in [3.8, 4) is 5.75 Å². The molecule has 0 spiro atoms. The summed E-state index contributed by atoms with van der Waals surface area (Å²) in [5.74, 6) is -0.716. The van der Waals surface area contributed by atoms with Gasteiger partial charge < -0.3 is 26.0 Å². The summed E-state index contributed by atoms with van der Waals surface area (Å²) < 4.78 is 5.72. The first-order valence-corrected chi connectivity index (χ1v) is 15.7. The topological polar surface area (TPSA) is 126 Å². The number of hydrogen-bond acceptors (Lipinski definition) is 6. The van der Waals surface area contributed by atoms with Crippen molar-refractivity contribution in [1.29, 1.82) is 0 Å². The van der Waals surface area contributed by atoms with Crippen LogP contribution in [0, 0.1) is 0 Å². The number of thioether (sulfide) groups is 1. The van der Waals surface area contributed by atoms with E-state index in [2.05, 4.69) is 21.3 Å². The number of nitrogens with one attached hydrogen (secondary N) is 4. The molecule has 0 bridgehead atoms. The number of benzene rings is 4. The van der Waals surface area contributed by atoms with E-state index in [0.717, 1.165) is 4.90 Å². The highest BCUT2D eigenvalue weighted by Crippen LogP contribution is 2.29. The van der Waals surface area contributed by atoms with Crippen LogP contribution < -0.4 is 26.0 Å². The van der Waals surface area contributed by atoms with Crippen LogP contribution in [0.5, 0.6) is 5.75 Å². The van der Waals surface area contributed by atoms with Gasteiger partial charge in [0, 0.05) is 40.0 Å². The van der Waals surface area contributed by atoms with E-state index < -0.39 is 17.1 Å². The molecule has 4 aromatic rings. The van der Waals surface area contributed by atoms with Crippen LogP contribution in [0.2, 0.25) is 0 Å². The molecule has 0 radical (unpaired) electrons. The van der Waals surface area contributed by atoms with Gasteiger partial charge in [-0.15, -0.1) is 11.8 Å². The molecule has 0 fully saturated rings. The molecule has 4 N–H and O–H groups in total. The number of hydrogen-bond donors (Lipinski definition) is 4. The summed E-state index contributed by atoms with van der Waals surface area (Å²) in [5, 5.41) is 10.9. The van der Waals surface area contributed by atoms with Gasteiger partial charge in [0.25, 0.3) is 11.8 Å². The third-order valence-corrected chi connectivity index (χ3v) is 7.91. The van der Waals surface area contributed by atoms with E-state index in [0.29, 0.717) is 47.0 Å². The number of ether oxygens (including phenoxy) is 1. The maximum atomic E-state index is 13.6. The molecule has 4 rings (SSSR count). The highest BCUT2D eigenvalue weighted by Gasteiger charge is 2.20. The fourth-order valence-corrected chi connectivity index (χ4v) is 5.39. The number of carbonyl (C=O) groups excluding carboxylic acids is 4. The second-order valence-electron chi connectivity index (χ2n) is 10.1. The first-order valence-electron chi connectivity index (χ1n) is 14.8. The third-order valence-electron chi connectivity index (χ3n) is 6.55. The maximum absolute atomic E-state index is 13.6. The molecule has 0 aromatic heterocycles. The third kappa shape index (κ3) is 9.83. The average molecular weight is 637 g/mol. The van der Waals surface area contributed by atoms with Crippen molar-refractivity contribution >= 4 is 58.5 Å². The fraction of sp³-hybridized carbons (Fsp3) is 0.167. The number of carbonyl (C=O) groups is 4. The average Bonchev–Trinajstić information content (AvgIpc) is 3.05. The first kappa shape index (κ1) is 33.5. The lowest BCUT2D eigenvalue weighted by Crippen LogP contribution is -2.30. The molecule has 0 saturated carbocycles. The van der Waals surface area contributed by atoms with Gasteiger partial charge in [-0.05, 0) is 80.1 Å². The highest BCUT2D eigenvalue weighted by atomic mass is 32.2. The zero-order valence-corrected chi connectivity index (χ0v) is 26.6. The minimum Gasteiger partial charge on any atom is -0.493 e. The molecule has 1 atom stereocenters. The summed E-state index contributed by atoms with van der Waals surface area (Å²) in [4.78, 5) is 51.8. The largest absolute Gasteiger partial charge is 0.493 e. The van der Waals surface area contributed by atoms with E-state index in [4.69, 9.17) is 4.74 Å². The molecule has 10 heteroatoms. The second-order valence-corrected chi connectivity index (χ2v) is 11.4. The summed E-state index contributed by atoms with van der Waals surface area (Å²) in [6.07, 6.45) is 2.15. The van der Waals surface area contributed by atoms with Gasteiger partial charge in [0.05, 0.1) is 11.9 Å². The van der Waals surface area contributed by atoms with Crippen LogP contribution >= 0.6 is 11.8 Å². The Labute approximate surface area is 272 Å². The van der Waals surface area contributed by atoms with Gasteiger partial charge in [0.1, 0.15) is 11.4 Å². The van der Waals surface area contributed by atoms with Crippen molar-refractivity contribution in [3.05, 3.63) is 120 Å². The van der Waals surface area contributed by atoms with Crippen molar-refractivity contribution in [3.63, 3.8) is 0 Å². The van der Waals surface area contributed by atoms with E-state index in [1.807, 2.05) is 38.1 Å². The van der Waals surface area contributed by atoms with Crippen molar-refractivity contribution < 1.29 is 23.9 Å². The molecule has 0 saturated heterocycles. The van der Waals surface area contributed by atoms with E-state index in [1.165, 1.54) is 18.7 Å². The van der Waals surface area contributed by atoms with E-state index in [9.17, 15) is 19.2 Å². The van der Waals surface area contributed by atoms with Gasteiger partial charge in [0.2, 0.25) is 11.8 Å². The Morgan fingerprint density at radius 3 is 2.11 bits per heavy atom. The SMILES string of the molecule is CCOc1ccccc1/C=C(/NC(=O)c1ccccc1)C(=O)Nc1cccc(SC(CC)C(=O)Nc2ccc(NC(C)=O)cc2)c1. The lowest BCUT2D eigenvalue weighted by atomic mass is 10.1. The molecule has 9 nitrogen and oxygen atoms in total. The lowest BCUT2D eigenvalue weighted by Gasteiger charge is -2.16. The van der Waals surface area contributed by atoms with Gasteiger partial charge in [-0.3, -0.25) is 19.2 Å². The monoisotopic (exact) mass is 636 g/mol. The van der Waals surface area contributed by atoms with Crippen LogP contribution in [0.15, 0.2) is 114 Å². The summed E-state index contributed by atoms with van der Waals surface area (Å²) in [5.41, 5.74) is 2.83. The lowest BCUT2D eigenvalue weighted by molar-refractivity contribution is -0.116. The van der Waals surface area contributed by atoms with E-state index in [-0.39, 0.29) is 17.5 Å². The number of anilines is 3. The summed E-state index contributed by atoms with van der Waals surface area (Å²) >= 11 is 1.37. The van der Waals surface area contributed by atoms with Gasteiger partial charge in [-0.1, -0.05) is 49.4 Å². The van der Waals surface area contributed by atoms with Gasteiger partial charge >= 0.3 is 0 Å². The van der Waals surface area contributed by atoms with Crippen LogP contribution in [0.3, 0.4) is 0 Å². The second kappa shape index (κ2) is 16.6. The predicted molar refractivity (Wildman–Crippen MR) is 184 cm³/mol. The molecule has 0 aliphatic heterocycles. The van der Waals surface area contributed by atoms with Crippen molar-refractivity contribution in [2.45, 2.75) is 37.3 Å². The van der Waals surface area contributed by atoms with Crippen LogP contribution in [0.25, 0.3) is 6.08 Å². The van der Waals surface area contributed by atoms with Gasteiger partial charge in [-0.2, -0.15) is 0 Å². The molecule has 4 aromatic carbocycles. The van der Waals surface area contributed by atoms with Crippen molar-refractivity contribution in [2.75, 3.05) is 22.6 Å². The fourth-order valence-electron chi connectivity index (χ4n) is 4.38. The minimum absolute atomic E-state index is 0.0365. The molecule has 0 aliphatic rings. The van der Waals surface area contributed by atoms with Crippen LogP contribution in [-0.2, 0) is 14.4 Å². The number of amides is 4. The number of rotatable bonds is 13. The summed E-state index contributed by atoms with van der Waals surface area (Å²) in [6, 6.07) is 30.0. The molecule has 0 heterocycles. The highest BCUT2D eigenvalue weighted by molar-refractivity contribution is 8.00. The molecular weight excluding hydrogens is 600 g/mol. The Balaban J connectivity index is 1.49. The van der Waals surface area contributed by atoms with Crippen LogP contribution in [0.1, 0.15) is 43.1 Å². The van der Waals surface area contributed by atoms with Gasteiger partial charge in [0.15, 0.2) is 0 Å². The quantitative estimate of drug-likeness (QED) is 0.0929. The molecule has 0 aliphatic carbocycles. The normalized spacial score (nSPS) is 11.6. The predicted octanol–water partition coefficient (Wildman–Crippen LogP) is 6.96. The zero-order valence-electron chi connectivity index (χ0n) is 25.8. The zero-order chi connectivity index (χ0) is 32.9. The first-order chi connectivity index (χ1) is 22.2. The Morgan fingerprint density at radius 1 is 0.761 bits per heavy atom. The summed E-state index contributed by atoms with van der Waals surface area (Å²) in [6.45, 7) is 5.67. The van der Waals surface area contributed by atoms with Gasteiger partial charge in [-0.25, -0.2) is 0 Å². The maximum Gasteiger partial charge on any atom is 0.272 e. The molecular formula is C36H36N4O5S.